The molecule has 0 aliphatic heterocycles. The number of carboxylic acids is 1. The van der Waals surface area contributed by atoms with Crippen LogP contribution in [0, 0.1) is 11.8 Å². The van der Waals surface area contributed by atoms with Crippen molar-refractivity contribution in [3.05, 3.63) is 35.9 Å². The van der Waals surface area contributed by atoms with Gasteiger partial charge in [0.15, 0.2) is 0 Å². The molecule has 2 N–H and O–H groups in total. The minimum atomic E-state index is -3.47. The summed E-state index contributed by atoms with van der Waals surface area (Å²) in [5, 5.41) is 9.40. The van der Waals surface area contributed by atoms with Gasteiger partial charge in [0.1, 0.15) is 0 Å². The highest BCUT2D eigenvalue weighted by Crippen LogP contribution is 2.47. The van der Waals surface area contributed by atoms with Crippen LogP contribution in [0.4, 0.5) is 0 Å². The minimum Gasteiger partial charge on any atom is -0.481 e. The average molecular weight is 324 g/mol. The van der Waals surface area contributed by atoms with Crippen LogP contribution in [0.1, 0.15) is 44.1 Å². The molecule has 0 bridgehead atoms. The Morgan fingerprint density at radius 3 is 2.41 bits per heavy atom. The molecule has 0 aromatic heterocycles. The molecule has 1 saturated carbocycles. The van der Waals surface area contributed by atoms with Gasteiger partial charge in [-0.2, -0.15) is 0 Å². The van der Waals surface area contributed by atoms with Crippen LogP contribution in [0.25, 0.3) is 0 Å². The minimum absolute atomic E-state index is 0.0578. The second kappa shape index (κ2) is 7.94. The molecule has 2 atom stereocenters. The molecule has 0 radical (unpaired) electrons. The van der Waals surface area contributed by atoms with Gasteiger partial charge in [0.2, 0.25) is 7.37 Å². The molecular formula is C17H25O4P. The maximum atomic E-state index is 12.4. The summed E-state index contributed by atoms with van der Waals surface area (Å²) < 4.78 is 12.4. The zero-order chi connectivity index (χ0) is 16.0. The van der Waals surface area contributed by atoms with E-state index in [1.807, 2.05) is 18.2 Å². The zero-order valence-corrected chi connectivity index (χ0v) is 13.8. The average Bonchev–Trinajstić information content (AvgIpc) is 2.48. The van der Waals surface area contributed by atoms with E-state index in [1.54, 1.807) is 12.1 Å². The Bertz CT molecular complexity index is 523. The number of carboxylic acid groups (broad SMARTS) is 1. The maximum absolute atomic E-state index is 12.4. The summed E-state index contributed by atoms with van der Waals surface area (Å²) in [4.78, 5) is 21.7. The van der Waals surface area contributed by atoms with E-state index in [0.717, 1.165) is 31.2 Å². The van der Waals surface area contributed by atoms with Gasteiger partial charge in [0.25, 0.3) is 0 Å². The normalized spacial score (nSPS) is 20.2. The predicted molar refractivity (Wildman–Crippen MR) is 87.2 cm³/mol. The molecule has 5 heteroatoms. The largest absolute Gasteiger partial charge is 0.481 e. The van der Waals surface area contributed by atoms with Crippen molar-refractivity contribution >= 4 is 13.3 Å². The van der Waals surface area contributed by atoms with E-state index in [-0.39, 0.29) is 12.3 Å². The van der Waals surface area contributed by atoms with E-state index in [4.69, 9.17) is 0 Å². The molecule has 2 unspecified atom stereocenters. The van der Waals surface area contributed by atoms with Crippen LogP contribution in [0.15, 0.2) is 30.3 Å². The van der Waals surface area contributed by atoms with Crippen molar-refractivity contribution in [2.75, 3.05) is 6.16 Å². The lowest BCUT2D eigenvalue weighted by atomic mass is 9.83. The molecule has 0 heterocycles. The summed E-state index contributed by atoms with van der Waals surface area (Å²) in [5.74, 6) is -1.25. The van der Waals surface area contributed by atoms with Crippen molar-refractivity contribution in [2.24, 2.45) is 11.8 Å². The maximum Gasteiger partial charge on any atom is 0.307 e. The van der Waals surface area contributed by atoms with Gasteiger partial charge in [-0.15, -0.1) is 0 Å². The Morgan fingerprint density at radius 2 is 1.82 bits per heavy atom. The fraction of sp³-hybridized carbons (Fsp3) is 0.588. The van der Waals surface area contributed by atoms with Crippen LogP contribution in [-0.2, 0) is 15.5 Å². The van der Waals surface area contributed by atoms with Crippen LogP contribution in [0.5, 0.6) is 0 Å². The summed E-state index contributed by atoms with van der Waals surface area (Å²) >= 11 is 0. The van der Waals surface area contributed by atoms with Gasteiger partial charge in [-0.1, -0.05) is 62.4 Å². The van der Waals surface area contributed by atoms with Crippen LogP contribution in [0.2, 0.25) is 0 Å². The predicted octanol–water partition coefficient (Wildman–Crippen LogP) is 4.13. The number of rotatable bonds is 7. The third-order valence-electron chi connectivity index (χ3n) is 4.47. The summed E-state index contributed by atoms with van der Waals surface area (Å²) in [6.45, 7) is 0. The lowest BCUT2D eigenvalue weighted by Crippen LogP contribution is -2.23. The van der Waals surface area contributed by atoms with Crippen molar-refractivity contribution in [3.63, 3.8) is 0 Å². The van der Waals surface area contributed by atoms with Crippen molar-refractivity contribution in [2.45, 2.75) is 44.7 Å². The number of benzene rings is 1. The van der Waals surface area contributed by atoms with Gasteiger partial charge >= 0.3 is 5.97 Å². The molecule has 1 aromatic carbocycles. The number of hydrogen-bond donors (Lipinski definition) is 2. The lowest BCUT2D eigenvalue weighted by molar-refractivity contribution is -0.141. The Hall–Kier alpha value is -1.12. The molecule has 22 heavy (non-hydrogen) atoms. The SMILES string of the molecule is O=C(O)C(CC1CCCCC1)CP(=O)(O)Cc1ccccc1. The molecule has 0 saturated heterocycles. The highest BCUT2D eigenvalue weighted by Gasteiger charge is 2.31. The second-order valence-corrected chi connectivity index (χ2v) is 8.82. The Labute approximate surface area is 132 Å². The Balaban J connectivity index is 1.96. The molecular weight excluding hydrogens is 299 g/mol. The molecule has 4 nitrogen and oxygen atoms in total. The molecule has 1 aliphatic carbocycles. The third kappa shape index (κ3) is 5.58. The van der Waals surface area contributed by atoms with Crippen LogP contribution in [0.3, 0.4) is 0 Å². The topological polar surface area (TPSA) is 74.6 Å². The highest BCUT2D eigenvalue weighted by molar-refractivity contribution is 7.57. The summed E-state index contributed by atoms with van der Waals surface area (Å²) in [6.07, 6.45) is 6.11. The number of hydrogen-bond acceptors (Lipinski definition) is 2. The first-order valence-corrected chi connectivity index (χ1v) is 10.1. The van der Waals surface area contributed by atoms with Gasteiger partial charge in [-0.25, -0.2) is 0 Å². The molecule has 1 aliphatic rings. The van der Waals surface area contributed by atoms with Gasteiger partial charge in [0.05, 0.1) is 5.92 Å². The van der Waals surface area contributed by atoms with Gasteiger partial charge < -0.3 is 10.00 Å². The standard InChI is InChI=1S/C17H25O4P/c18-17(19)16(11-14-7-3-1-4-8-14)13-22(20,21)12-15-9-5-2-6-10-15/h2,5-6,9-10,14,16H,1,3-4,7-8,11-13H2,(H,18,19)(H,20,21). The molecule has 2 rings (SSSR count). The van der Waals surface area contributed by atoms with Crippen LogP contribution in [-0.4, -0.2) is 22.1 Å². The zero-order valence-electron chi connectivity index (χ0n) is 12.9. The lowest BCUT2D eigenvalue weighted by Gasteiger charge is -2.25. The summed E-state index contributed by atoms with van der Waals surface area (Å²) in [5.41, 5.74) is 0.787. The van der Waals surface area contributed by atoms with Gasteiger partial charge in [-0.05, 0) is 17.9 Å². The van der Waals surface area contributed by atoms with E-state index in [9.17, 15) is 19.4 Å². The third-order valence-corrected chi connectivity index (χ3v) is 6.34. The van der Waals surface area contributed by atoms with E-state index >= 15 is 0 Å². The first-order valence-electron chi connectivity index (χ1n) is 8.04. The summed E-state index contributed by atoms with van der Waals surface area (Å²) in [7, 11) is -3.47. The number of aliphatic carboxylic acids is 1. The molecule has 1 aromatic rings. The van der Waals surface area contributed by atoms with Crippen molar-refractivity contribution < 1.29 is 19.4 Å². The summed E-state index contributed by atoms with van der Waals surface area (Å²) in [6, 6.07) is 9.12. The monoisotopic (exact) mass is 324 g/mol. The van der Waals surface area contributed by atoms with E-state index in [2.05, 4.69) is 0 Å². The first-order chi connectivity index (χ1) is 10.5. The Kier molecular flexibility index (Phi) is 6.22. The molecule has 0 amide bonds. The van der Waals surface area contributed by atoms with Crippen molar-refractivity contribution in [1.29, 1.82) is 0 Å². The quantitative estimate of drug-likeness (QED) is 0.740. The van der Waals surface area contributed by atoms with Crippen LogP contribution >= 0.6 is 7.37 Å². The van der Waals surface area contributed by atoms with E-state index in [0.29, 0.717) is 12.3 Å². The highest BCUT2D eigenvalue weighted by atomic mass is 31.2. The smallest absolute Gasteiger partial charge is 0.307 e. The van der Waals surface area contributed by atoms with Gasteiger partial charge in [-0.3, -0.25) is 9.36 Å². The van der Waals surface area contributed by atoms with Crippen LogP contribution < -0.4 is 0 Å². The first kappa shape index (κ1) is 17.2. The molecule has 1 fully saturated rings. The molecule has 0 spiro atoms. The van der Waals surface area contributed by atoms with Gasteiger partial charge in [0, 0.05) is 12.3 Å². The second-order valence-electron chi connectivity index (χ2n) is 6.45. The fourth-order valence-electron chi connectivity index (χ4n) is 3.36. The van der Waals surface area contributed by atoms with E-state index in [1.165, 1.54) is 6.42 Å². The number of carbonyl (C=O) groups is 1. The van der Waals surface area contributed by atoms with Crippen molar-refractivity contribution in [1.82, 2.24) is 0 Å². The fourth-order valence-corrected chi connectivity index (χ4v) is 5.26. The Morgan fingerprint density at radius 1 is 1.18 bits per heavy atom. The molecule has 122 valence electrons. The van der Waals surface area contributed by atoms with E-state index < -0.39 is 19.3 Å². The van der Waals surface area contributed by atoms with Crippen molar-refractivity contribution in [3.8, 4) is 0 Å².